The predicted octanol–water partition coefficient (Wildman–Crippen LogP) is 1.26. The minimum atomic E-state index is -0.170. The van der Waals surface area contributed by atoms with Crippen LogP contribution in [0.1, 0.15) is 43.1 Å². The summed E-state index contributed by atoms with van der Waals surface area (Å²) in [5, 5.41) is 14.4. The van der Waals surface area contributed by atoms with Crippen LogP contribution in [0.15, 0.2) is 12.1 Å². The van der Waals surface area contributed by atoms with Crippen LogP contribution >= 0.6 is 0 Å². The number of anilines is 1. The summed E-state index contributed by atoms with van der Waals surface area (Å²) in [6, 6.07) is 4.66. The largest absolute Gasteiger partial charge is 0.364 e. The van der Waals surface area contributed by atoms with E-state index >= 15 is 0 Å². The summed E-state index contributed by atoms with van der Waals surface area (Å²) in [7, 11) is 0. The van der Waals surface area contributed by atoms with Crippen LogP contribution in [0.5, 0.6) is 0 Å². The van der Waals surface area contributed by atoms with Crippen LogP contribution in [-0.2, 0) is 0 Å². The molecule has 6 heteroatoms. The molecule has 0 bridgehead atoms. The Balaban J connectivity index is 1.61. The van der Waals surface area contributed by atoms with Gasteiger partial charge in [-0.05, 0) is 44.9 Å². The van der Waals surface area contributed by atoms with Crippen molar-refractivity contribution in [1.29, 1.82) is 0 Å². The van der Waals surface area contributed by atoms with E-state index in [2.05, 4.69) is 25.7 Å². The average Bonchev–Trinajstić information content (AvgIpc) is 2.92. The van der Waals surface area contributed by atoms with Crippen LogP contribution in [0.3, 0.4) is 0 Å². The number of nitrogens with zero attached hydrogens (tertiary/aromatic N) is 3. The van der Waals surface area contributed by atoms with Crippen molar-refractivity contribution >= 4 is 11.7 Å². The molecule has 114 valence electrons. The zero-order valence-electron chi connectivity index (χ0n) is 12.5. The van der Waals surface area contributed by atoms with E-state index in [4.69, 9.17) is 0 Å². The van der Waals surface area contributed by atoms with E-state index < -0.39 is 0 Å². The minimum Gasteiger partial charge on any atom is -0.364 e. The van der Waals surface area contributed by atoms with E-state index in [1.54, 1.807) is 6.07 Å². The molecule has 2 aliphatic heterocycles. The Bertz CT molecular complexity index is 489. The van der Waals surface area contributed by atoms with E-state index in [9.17, 15) is 4.79 Å². The summed E-state index contributed by atoms with van der Waals surface area (Å²) in [4.78, 5) is 14.2. The fourth-order valence-electron chi connectivity index (χ4n) is 3.39. The lowest BCUT2D eigenvalue weighted by atomic mass is 9.99. The number of carbonyl (C=O) groups excluding carboxylic acids is 1. The van der Waals surface area contributed by atoms with Gasteiger partial charge < -0.3 is 10.6 Å². The van der Waals surface area contributed by atoms with E-state index in [0.29, 0.717) is 24.3 Å². The van der Waals surface area contributed by atoms with Crippen LogP contribution < -0.4 is 10.6 Å². The van der Waals surface area contributed by atoms with Gasteiger partial charge in [0.25, 0.3) is 5.91 Å². The van der Waals surface area contributed by atoms with Gasteiger partial charge in [-0.2, -0.15) is 0 Å². The van der Waals surface area contributed by atoms with Crippen LogP contribution in [0.25, 0.3) is 0 Å². The molecule has 3 rings (SSSR count). The lowest BCUT2D eigenvalue weighted by molar-refractivity contribution is 0.0950. The second-order valence-electron chi connectivity index (χ2n) is 5.80. The van der Waals surface area contributed by atoms with Gasteiger partial charge >= 0.3 is 0 Å². The van der Waals surface area contributed by atoms with Crippen molar-refractivity contribution < 1.29 is 4.79 Å². The Labute approximate surface area is 125 Å². The van der Waals surface area contributed by atoms with Gasteiger partial charge in [-0.1, -0.05) is 6.42 Å². The van der Waals surface area contributed by atoms with Gasteiger partial charge in [-0.15, -0.1) is 10.2 Å². The zero-order valence-corrected chi connectivity index (χ0v) is 12.5. The number of carbonyl (C=O) groups is 1. The van der Waals surface area contributed by atoms with Gasteiger partial charge in [0.05, 0.1) is 0 Å². The third-order valence-corrected chi connectivity index (χ3v) is 4.42. The molecule has 0 spiro atoms. The maximum atomic E-state index is 11.6. The number of amides is 1. The minimum absolute atomic E-state index is 0.170. The van der Waals surface area contributed by atoms with Gasteiger partial charge in [-0.25, -0.2) is 0 Å². The van der Waals surface area contributed by atoms with Crippen LogP contribution in [0.2, 0.25) is 0 Å². The molecule has 3 heterocycles. The van der Waals surface area contributed by atoms with Gasteiger partial charge in [0.2, 0.25) is 0 Å². The number of aromatic nitrogens is 2. The van der Waals surface area contributed by atoms with Crippen LogP contribution in [0, 0.1) is 0 Å². The first-order valence-corrected chi connectivity index (χ1v) is 7.90. The monoisotopic (exact) mass is 289 g/mol. The highest BCUT2D eigenvalue weighted by Gasteiger charge is 2.35. The fourth-order valence-corrected chi connectivity index (χ4v) is 3.39. The molecule has 1 aromatic heterocycles. The van der Waals surface area contributed by atoms with Crippen molar-refractivity contribution in [3.8, 4) is 0 Å². The standard InChI is InChI=1S/C15H23N5O/c1-2-16-15(21)12-6-7-14(19-18-12)17-11-8-10-20-9-4-3-5-13(11)20/h6-7,11,13H,2-5,8-10H2,1H3,(H,16,21)(H,17,19). The van der Waals surface area contributed by atoms with Crippen molar-refractivity contribution in [3.63, 3.8) is 0 Å². The average molecular weight is 289 g/mol. The highest BCUT2D eigenvalue weighted by molar-refractivity contribution is 5.92. The molecule has 0 saturated carbocycles. The van der Waals surface area contributed by atoms with Crippen LogP contribution in [0.4, 0.5) is 5.82 Å². The SMILES string of the molecule is CCNC(=O)c1ccc(NC2CCN3CCCCC23)nn1. The maximum absolute atomic E-state index is 11.6. The fraction of sp³-hybridized carbons (Fsp3) is 0.667. The summed E-state index contributed by atoms with van der Waals surface area (Å²) in [5.74, 6) is 0.594. The molecule has 2 fully saturated rings. The first-order valence-electron chi connectivity index (χ1n) is 7.90. The molecule has 6 nitrogen and oxygen atoms in total. The quantitative estimate of drug-likeness (QED) is 0.873. The first-order chi connectivity index (χ1) is 10.3. The summed E-state index contributed by atoms with van der Waals surface area (Å²) < 4.78 is 0. The molecule has 2 aliphatic rings. The second-order valence-corrected chi connectivity index (χ2v) is 5.80. The molecule has 0 aliphatic carbocycles. The van der Waals surface area contributed by atoms with Crippen molar-refractivity contribution in [2.45, 2.75) is 44.7 Å². The molecule has 2 saturated heterocycles. The third kappa shape index (κ3) is 3.15. The van der Waals surface area contributed by atoms with Gasteiger partial charge in [0, 0.05) is 25.2 Å². The Morgan fingerprint density at radius 2 is 2.19 bits per heavy atom. The molecule has 0 radical (unpaired) electrons. The number of hydrogen-bond donors (Lipinski definition) is 2. The van der Waals surface area contributed by atoms with Crippen LogP contribution in [-0.4, -0.2) is 52.7 Å². The van der Waals surface area contributed by atoms with Crippen molar-refractivity contribution in [1.82, 2.24) is 20.4 Å². The Hall–Kier alpha value is -1.69. The Morgan fingerprint density at radius 3 is 2.95 bits per heavy atom. The molecule has 1 aromatic rings. The number of rotatable bonds is 4. The van der Waals surface area contributed by atoms with E-state index in [0.717, 1.165) is 12.2 Å². The first kappa shape index (κ1) is 14.3. The Morgan fingerprint density at radius 1 is 1.29 bits per heavy atom. The molecule has 1 amide bonds. The molecular weight excluding hydrogens is 266 g/mol. The highest BCUT2D eigenvalue weighted by Crippen LogP contribution is 2.28. The Kier molecular flexibility index (Phi) is 4.34. The topological polar surface area (TPSA) is 70.2 Å². The highest BCUT2D eigenvalue weighted by atomic mass is 16.1. The van der Waals surface area contributed by atoms with Crippen molar-refractivity contribution in [2.24, 2.45) is 0 Å². The van der Waals surface area contributed by atoms with E-state index in [1.807, 2.05) is 13.0 Å². The predicted molar refractivity (Wildman–Crippen MR) is 81.3 cm³/mol. The molecule has 2 atom stereocenters. The van der Waals surface area contributed by atoms with Gasteiger partial charge in [0.1, 0.15) is 5.82 Å². The third-order valence-electron chi connectivity index (χ3n) is 4.42. The maximum Gasteiger partial charge on any atom is 0.271 e. The number of nitrogens with one attached hydrogen (secondary N) is 2. The molecule has 0 aromatic carbocycles. The summed E-state index contributed by atoms with van der Waals surface area (Å²) >= 11 is 0. The molecular formula is C15H23N5O. The molecule has 21 heavy (non-hydrogen) atoms. The molecule has 2 N–H and O–H groups in total. The van der Waals surface area contributed by atoms with Gasteiger partial charge in [-0.3, -0.25) is 9.69 Å². The van der Waals surface area contributed by atoms with E-state index in [-0.39, 0.29) is 5.91 Å². The smallest absolute Gasteiger partial charge is 0.271 e. The lowest BCUT2D eigenvalue weighted by Crippen LogP contribution is -2.41. The summed E-state index contributed by atoms with van der Waals surface area (Å²) in [6.07, 6.45) is 5.07. The lowest BCUT2D eigenvalue weighted by Gasteiger charge is -2.32. The molecule has 2 unspecified atom stereocenters. The number of hydrogen-bond acceptors (Lipinski definition) is 5. The zero-order chi connectivity index (χ0) is 14.7. The normalized spacial score (nSPS) is 25.4. The van der Waals surface area contributed by atoms with Crippen molar-refractivity contribution in [2.75, 3.05) is 25.0 Å². The van der Waals surface area contributed by atoms with Crippen molar-refractivity contribution in [3.05, 3.63) is 17.8 Å². The number of fused-ring (bicyclic) bond motifs is 1. The second kappa shape index (κ2) is 6.39. The summed E-state index contributed by atoms with van der Waals surface area (Å²) in [5.41, 5.74) is 0.369. The number of piperidine rings is 1. The van der Waals surface area contributed by atoms with E-state index in [1.165, 1.54) is 32.4 Å². The summed E-state index contributed by atoms with van der Waals surface area (Å²) in [6.45, 7) is 4.88. The van der Waals surface area contributed by atoms with Gasteiger partial charge in [0.15, 0.2) is 5.69 Å².